The zero-order valence-corrected chi connectivity index (χ0v) is 11.1. The molecule has 1 aliphatic rings. The average molecular weight is 246 g/mol. The molecular formula is C15H22N2O. The van der Waals surface area contributed by atoms with Crippen LogP contribution in [0, 0.1) is 6.92 Å². The zero-order valence-electron chi connectivity index (χ0n) is 11.1. The van der Waals surface area contributed by atoms with Crippen LogP contribution in [0.2, 0.25) is 0 Å². The van der Waals surface area contributed by atoms with Crippen LogP contribution < -0.4 is 5.73 Å². The first-order valence-electron chi connectivity index (χ1n) is 6.76. The van der Waals surface area contributed by atoms with Crippen LogP contribution in [0.25, 0.3) is 0 Å². The van der Waals surface area contributed by atoms with Gasteiger partial charge in [-0.15, -0.1) is 0 Å². The molecule has 0 aromatic heterocycles. The second-order valence-electron chi connectivity index (χ2n) is 5.12. The van der Waals surface area contributed by atoms with Crippen LogP contribution in [0.1, 0.15) is 30.4 Å². The largest absolute Gasteiger partial charge is 0.339 e. The molecule has 1 amide bonds. The maximum atomic E-state index is 12.3. The third kappa shape index (κ3) is 3.57. The Bertz CT molecular complexity index is 395. The molecule has 0 aliphatic heterocycles. The van der Waals surface area contributed by atoms with Gasteiger partial charge < -0.3 is 10.6 Å². The Morgan fingerprint density at radius 2 is 2.00 bits per heavy atom. The minimum absolute atomic E-state index is 0.245. The van der Waals surface area contributed by atoms with E-state index in [1.165, 1.54) is 5.56 Å². The summed E-state index contributed by atoms with van der Waals surface area (Å²) in [5.74, 6) is 0.245. The highest BCUT2D eigenvalue weighted by atomic mass is 16.2. The van der Waals surface area contributed by atoms with Crippen molar-refractivity contribution in [2.45, 2.75) is 38.6 Å². The van der Waals surface area contributed by atoms with Crippen LogP contribution in [0.4, 0.5) is 0 Å². The number of aryl methyl sites for hydroxylation is 1. The van der Waals surface area contributed by atoms with Gasteiger partial charge in [0.2, 0.25) is 5.91 Å². The monoisotopic (exact) mass is 246 g/mol. The van der Waals surface area contributed by atoms with Crippen molar-refractivity contribution in [1.82, 2.24) is 4.90 Å². The van der Waals surface area contributed by atoms with E-state index in [2.05, 4.69) is 19.1 Å². The number of hydrogen-bond donors (Lipinski definition) is 1. The van der Waals surface area contributed by atoms with Crippen LogP contribution >= 0.6 is 0 Å². The average Bonchev–Trinajstić information content (AvgIpc) is 3.17. The van der Waals surface area contributed by atoms with Gasteiger partial charge in [0.25, 0.3) is 0 Å². The Morgan fingerprint density at radius 3 is 2.56 bits per heavy atom. The molecule has 0 heterocycles. The predicted octanol–water partition coefficient (Wildman–Crippen LogP) is 1.88. The van der Waals surface area contributed by atoms with Gasteiger partial charge in [-0.2, -0.15) is 0 Å². The molecule has 1 fully saturated rings. The Morgan fingerprint density at radius 1 is 1.33 bits per heavy atom. The summed E-state index contributed by atoms with van der Waals surface area (Å²) in [6, 6.07) is 8.69. The molecule has 2 rings (SSSR count). The molecule has 1 aliphatic carbocycles. The van der Waals surface area contributed by atoms with Crippen molar-refractivity contribution >= 4 is 5.91 Å². The summed E-state index contributed by atoms with van der Waals surface area (Å²) in [6.07, 6.45) is 3.73. The van der Waals surface area contributed by atoms with Crippen molar-refractivity contribution in [3.8, 4) is 0 Å². The molecule has 98 valence electrons. The lowest BCUT2D eigenvalue weighted by atomic mass is 10.1. The normalized spacial score (nSPS) is 14.6. The second kappa shape index (κ2) is 6.01. The number of amides is 1. The topological polar surface area (TPSA) is 46.3 Å². The molecule has 0 radical (unpaired) electrons. The number of carbonyl (C=O) groups is 1. The van der Waals surface area contributed by atoms with E-state index >= 15 is 0 Å². The molecule has 0 spiro atoms. The van der Waals surface area contributed by atoms with Gasteiger partial charge in [0.1, 0.15) is 0 Å². The first-order valence-corrected chi connectivity index (χ1v) is 6.76. The molecule has 1 aromatic carbocycles. The predicted molar refractivity (Wildman–Crippen MR) is 73.3 cm³/mol. The molecule has 1 saturated carbocycles. The Hall–Kier alpha value is -1.35. The lowest BCUT2D eigenvalue weighted by Gasteiger charge is -2.22. The van der Waals surface area contributed by atoms with E-state index < -0.39 is 0 Å². The van der Waals surface area contributed by atoms with E-state index in [9.17, 15) is 4.79 Å². The number of nitrogens with zero attached hydrogens (tertiary/aromatic N) is 1. The fourth-order valence-electron chi connectivity index (χ4n) is 2.14. The Kier molecular flexibility index (Phi) is 4.37. The summed E-state index contributed by atoms with van der Waals surface area (Å²) < 4.78 is 0. The van der Waals surface area contributed by atoms with Gasteiger partial charge in [-0.3, -0.25) is 4.79 Å². The fourth-order valence-corrected chi connectivity index (χ4v) is 2.14. The van der Waals surface area contributed by atoms with Crippen molar-refractivity contribution in [2.24, 2.45) is 5.73 Å². The molecule has 0 unspecified atom stereocenters. The number of nitrogens with two attached hydrogens (primary N) is 1. The van der Waals surface area contributed by atoms with Crippen LogP contribution in [0.5, 0.6) is 0 Å². The highest BCUT2D eigenvalue weighted by Crippen LogP contribution is 2.27. The first-order chi connectivity index (χ1) is 8.70. The summed E-state index contributed by atoms with van der Waals surface area (Å²) in [5, 5.41) is 0. The quantitative estimate of drug-likeness (QED) is 0.833. The van der Waals surface area contributed by atoms with Crippen molar-refractivity contribution in [3.63, 3.8) is 0 Å². The molecule has 2 N–H and O–H groups in total. The lowest BCUT2D eigenvalue weighted by Crippen LogP contribution is -2.36. The van der Waals surface area contributed by atoms with Crippen LogP contribution in [0.3, 0.4) is 0 Å². The molecule has 1 aromatic rings. The Balaban J connectivity index is 1.93. The Labute approximate surface area is 109 Å². The molecule has 0 saturated heterocycles. The van der Waals surface area contributed by atoms with Crippen molar-refractivity contribution in [3.05, 3.63) is 35.4 Å². The number of rotatable bonds is 6. The number of hydrogen-bond acceptors (Lipinski definition) is 2. The van der Waals surface area contributed by atoms with Crippen molar-refractivity contribution in [1.29, 1.82) is 0 Å². The van der Waals surface area contributed by atoms with Crippen molar-refractivity contribution < 1.29 is 4.79 Å². The fraction of sp³-hybridized carbons (Fsp3) is 0.533. The van der Waals surface area contributed by atoms with E-state index in [1.54, 1.807) is 0 Å². The highest BCUT2D eigenvalue weighted by Gasteiger charge is 2.31. The summed E-state index contributed by atoms with van der Waals surface area (Å²) in [5.41, 5.74) is 7.86. The molecule has 0 atom stereocenters. The SMILES string of the molecule is Cc1ccc(CC(=O)N(CCCN)C2CC2)cc1. The first kappa shape index (κ1) is 13.1. The minimum Gasteiger partial charge on any atom is -0.339 e. The van der Waals surface area contributed by atoms with Gasteiger partial charge in [0.15, 0.2) is 0 Å². The second-order valence-corrected chi connectivity index (χ2v) is 5.12. The summed E-state index contributed by atoms with van der Waals surface area (Å²) in [4.78, 5) is 14.3. The third-order valence-electron chi connectivity index (χ3n) is 3.39. The van der Waals surface area contributed by atoms with Crippen LogP contribution in [-0.4, -0.2) is 29.9 Å². The molecule has 3 heteroatoms. The molecule has 0 bridgehead atoms. The minimum atomic E-state index is 0.245. The number of carbonyl (C=O) groups excluding carboxylic acids is 1. The van der Waals surface area contributed by atoms with Crippen LogP contribution in [0.15, 0.2) is 24.3 Å². The third-order valence-corrected chi connectivity index (χ3v) is 3.39. The van der Waals surface area contributed by atoms with Crippen LogP contribution in [-0.2, 0) is 11.2 Å². The van der Waals surface area contributed by atoms with E-state index in [0.29, 0.717) is 19.0 Å². The summed E-state index contributed by atoms with van der Waals surface area (Å²) in [6.45, 7) is 3.52. The number of benzene rings is 1. The van der Waals surface area contributed by atoms with Gasteiger partial charge in [-0.05, 0) is 38.3 Å². The summed E-state index contributed by atoms with van der Waals surface area (Å²) in [7, 11) is 0. The lowest BCUT2D eigenvalue weighted by molar-refractivity contribution is -0.131. The summed E-state index contributed by atoms with van der Waals surface area (Å²) >= 11 is 0. The smallest absolute Gasteiger partial charge is 0.227 e. The van der Waals surface area contributed by atoms with Gasteiger partial charge in [0.05, 0.1) is 6.42 Å². The van der Waals surface area contributed by atoms with E-state index in [1.807, 2.05) is 17.0 Å². The van der Waals surface area contributed by atoms with E-state index in [4.69, 9.17) is 5.73 Å². The molecular weight excluding hydrogens is 224 g/mol. The maximum absolute atomic E-state index is 12.3. The maximum Gasteiger partial charge on any atom is 0.227 e. The van der Waals surface area contributed by atoms with Gasteiger partial charge in [-0.1, -0.05) is 29.8 Å². The van der Waals surface area contributed by atoms with Crippen molar-refractivity contribution in [2.75, 3.05) is 13.1 Å². The van der Waals surface area contributed by atoms with Gasteiger partial charge in [0, 0.05) is 12.6 Å². The van der Waals surface area contributed by atoms with Gasteiger partial charge in [-0.25, -0.2) is 0 Å². The molecule has 3 nitrogen and oxygen atoms in total. The van der Waals surface area contributed by atoms with E-state index in [0.717, 1.165) is 31.4 Å². The molecule has 18 heavy (non-hydrogen) atoms. The standard InChI is InChI=1S/C15H22N2O/c1-12-3-5-13(6-4-12)11-15(18)17(10-2-9-16)14-7-8-14/h3-6,14H,2,7-11,16H2,1H3. The van der Waals surface area contributed by atoms with E-state index in [-0.39, 0.29) is 5.91 Å². The highest BCUT2D eigenvalue weighted by molar-refractivity contribution is 5.79. The zero-order chi connectivity index (χ0) is 13.0. The van der Waals surface area contributed by atoms with Gasteiger partial charge >= 0.3 is 0 Å².